The monoisotopic (exact) mass is 310 g/mol. The van der Waals surface area contributed by atoms with Crippen LogP contribution in [0.3, 0.4) is 0 Å². The predicted octanol–water partition coefficient (Wildman–Crippen LogP) is 3.18. The second-order valence-electron chi connectivity index (χ2n) is 7.30. The normalized spacial score (nSPS) is 30.7. The van der Waals surface area contributed by atoms with Gasteiger partial charge >= 0.3 is 0 Å². The summed E-state index contributed by atoms with van der Waals surface area (Å²) in [5, 5.41) is 3.64. The van der Waals surface area contributed by atoms with Crippen LogP contribution >= 0.6 is 0 Å². The van der Waals surface area contributed by atoms with Crippen LogP contribution in [0, 0.1) is 5.92 Å². The summed E-state index contributed by atoms with van der Waals surface area (Å²) in [6.45, 7) is 3.81. The van der Waals surface area contributed by atoms with Crippen LogP contribution in [-0.4, -0.2) is 36.0 Å². The zero-order chi connectivity index (χ0) is 15.8. The van der Waals surface area contributed by atoms with Gasteiger partial charge in [-0.25, -0.2) is 0 Å². The van der Waals surface area contributed by atoms with Gasteiger partial charge in [0.25, 0.3) is 0 Å². The Kier molecular flexibility index (Phi) is 3.98. The van der Waals surface area contributed by atoms with E-state index in [0.717, 1.165) is 25.9 Å². The second-order valence-corrected chi connectivity index (χ2v) is 7.30. The molecule has 2 bridgehead atoms. The van der Waals surface area contributed by atoms with Gasteiger partial charge in [0, 0.05) is 37.0 Å². The summed E-state index contributed by atoms with van der Waals surface area (Å²) in [5.41, 5.74) is 2.67. The summed E-state index contributed by atoms with van der Waals surface area (Å²) in [6.07, 6.45) is 8.88. The van der Waals surface area contributed by atoms with Crippen molar-refractivity contribution in [1.82, 2.24) is 10.2 Å². The summed E-state index contributed by atoms with van der Waals surface area (Å²) in [4.78, 5) is 14.7. The van der Waals surface area contributed by atoms with Crippen molar-refractivity contribution in [2.45, 2.75) is 50.6 Å². The van der Waals surface area contributed by atoms with Crippen LogP contribution < -0.4 is 5.32 Å². The second kappa shape index (κ2) is 6.12. The molecule has 3 aliphatic heterocycles. The van der Waals surface area contributed by atoms with Gasteiger partial charge in [0.2, 0.25) is 5.91 Å². The number of hydrogen-bond donors (Lipinski definition) is 1. The number of fused-ring (bicyclic) bond motifs is 2. The average molecular weight is 310 g/mol. The Morgan fingerprint density at radius 2 is 1.78 bits per heavy atom. The minimum atomic E-state index is 0.311. The molecule has 3 heterocycles. The first-order valence-corrected chi connectivity index (χ1v) is 9.04. The van der Waals surface area contributed by atoms with Gasteiger partial charge < -0.3 is 10.2 Å². The van der Waals surface area contributed by atoms with Crippen LogP contribution in [0.2, 0.25) is 0 Å². The fraction of sp³-hybridized carbons (Fsp3) is 0.550. The Morgan fingerprint density at radius 3 is 2.39 bits per heavy atom. The van der Waals surface area contributed by atoms with Crippen LogP contribution in [0.5, 0.6) is 0 Å². The van der Waals surface area contributed by atoms with E-state index in [9.17, 15) is 4.79 Å². The van der Waals surface area contributed by atoms with E-state index in [4.69, 9.17) is 0 Å². The van der Waals surface area contributed by atoms with Gasteiger partial charge in [-0.1, -0.05) is 49.3 Å². The molecule has 0 aromatic heterocycles. The van der Waals surface area contributed by atoms with Gasteiger partial charge in [-0.2, -0.15) is 0 Å². The standard InChI is InChI=1S/C20H26N2O/c1-2-5-14-8-10-15(11-9-14)19-17-12-22(13-18(19)21-17)20(23)16-6-3-4-7-16/h2,5,8-11,16-19,21H,3-4,6-7,12-13H2,1H3/b5-2+/t17-,18+,19?. The van der Waals surface area contributed by atoms with E-state index in [1.54, 1.807) is 0 Å². The molecule has 4 fully saturated rings. The Bertz CT molecular complexity index is 589. The van der Waals surface area contributed by atoms with Gasteiger partial charge in [-0.05, 0) is 30.9 Å². The zero-order valence-electron chi connectivity index (χ0n) is 13.9. The number of carbonyl (C=O) groups is 1. The first-order chi connectivity index (χ1) is 11.3. The highest BCUT2D eigenvalue weighted by Gasteiger charge is 2.48. The van der Waals surface area contributed by atoms with Gasteiger partial charge in [0.05, 0.1) is 0 Å². The number of amides is 1. The summed E-state index contributed by atoms with van der Waals surface area (Å²) < 4.78 is 0. The molecule has 1 aromatic rings. The van der Waals surface area contributed by atoms with Gasteiger partial charge in [-0.15, -0.1) is 0 Å². The number of allylic oxidation sites excluding steroid dienone is 1. The third-order valence-electron chi connectivity index (χ3n) is 5.83. The number of rotatable bonds is 3. The molecule has 3 saturated heterocycles. The molecule has 1 N–H and O–H groups in total. The lowest BCUT2D eigenvalue weighted by molar-refractivity contribution is -0.140. The SMILES string of the molecule is C/C=C/c1ccc(C2[C@@H]3CN(C(=O)C4CCCC4)C[C@H]2N3)cc1. The molecule has 3 atom stereocenters. The highest BCUT2D eigenvalue weighted by atomic mass is 16.2. The van der Waals surface area contributed by atoms with E-state index >= 15 is 0 Å². The van der Waals surface area contributed by atoms with Gasteiger partial charge in [0.1, 0.15) is 0 Å². The van der Waals surface area contributed by atoms with Crippen molar-refractivity contribution < 1.29 is 4.79 Å². The molecule has 1 unspecified atom stereocenters. The van der Waals surface area contributed by atoms with Gasteiger partial charge in [0.15, 0.2) is 0 Å². The average Bonchev–Trinajstić information content (AvgIpc) is 3.11. The number of benzene rings is 1. The smallest absolute Gasteiger partial charge is 0.225 e. The van der Waals surface area contributed by atoms with Crippen LogP contribution in [-0.2, 0) is 4.79 Å². The van der Waals surface area contributed by atoms with Crippen molar-refractivity contribution in [3.05, 3.63) is 41.5 Å². The lowest BCUT2D eigenvalue weighted by Crippen LogP contribution is -2.72. The quantitative estimate of drug-likeness (QED) is 0.930. The number of hydrogen-bond acceptors (Lipinski definition) is 2. The van der Waals surface area contributed by atoms with Crippen LogP contribution in [0.1, 0.15) is 49.7 Å². The fourth-order valence-corrected chi connectivity index (χ4v) is 4.62. The molecule has 3 heteroatoms. The maximum atomic E-state index is 12.6. The molecule has 1 aliphatic carbocycles. The van der Waals surface area contributed by atoms with E-state index < -0.39 is 0 Å². The minimum Gasteiger partial charge on any atom is -0.339 e. The van der Waals surface area contributed by atoms with Crippen LogP contribution in [0.4, 0.5) is 0 Å². The Morgan fingerprint density at radius 1 is 1.13 bits per heavy atom. The molecule has 1 amide bonds. The molecular weight excluding hydrogens is 284 g/mol. The topological polar surface area (TPSA) is 32.3 Å². The molecule has 122 valence electrons. The van der Waals surface area contributed by atoms with Gasteiger partial charge in [-0.3, -0.25) is 4.79 Å². The fourth-order valence-electron chi connectivity index (χ4n) is 4.62. The van der Waals surface area contributed by atoms with E-state index in [1.807, 2.05) is 6.92 Å². The Labute approximate surface area is 138 Å². The van der Waals surface area contributed by atoms with Crippen LogP contribution in [0.15, 0.2) is 30.3 Å². The number of nitrogens with zero attached hydrogens (tertiary/aromatic N) is 1. The lowest BCUT2D eigenvalue weighted by Gasteiger charge is -2.55. The first kappa shape index (κ1) is 14.9. The van der Waals surface area contributed by atoms with E-state index in [-0.39, 0.29) is 0 Å². The molecular formula is C20H26N2O. The number of piperidine rings is 1. The van der Waals surface area contributed by atoms with Crippen molar-refractivity contribution in [2.75, 3.05) is 13.1 Å². The molecule has 3 nitrogen and oxygen atoms in total. The molecule has 1 saturated carbocycles. The van der Waals surface area contributed by atoms with E-state index in [1.165, 1.54) is 24.0 Å². The predicted molar refractivity (Wildman–Crippen MR) is 93.1 cm³/mol. The maximum Gasteiger partial charge on any atom is 0.225 e. The highest BCUT2D eigenvalue weighted by molar-refractivity contribution is 5.79. The summed E-state index contributed by atoms with van der Waals surface area (Å²) in [5.74, 6) is 1.30. The molecule has 1 aromatic carbocycles. The summed E-state index contributed by atoms with van der Waals surface area (Å²) in [7, 11) is 0. The van der Waals surface area contributed by atoms with Crippen molar-refractivity contribution in [3.63, 3.8) is 0 Å². The Hall–Kier alpha value is -1.61. The number of piperazine rings is 1. The third kappa shape index (κ3) is 2.72. The van der Waals surface area contributed by atoms with Crippen molar-refractivity contribution >= 4 is 12.0 Å². The molecule has 23 heavy (non-hydrogen) atoms. The highest BCUT2D eigenvalue weighted by Crippen LogP contribution is 2.38. The van der Waals surface area contributed by atoms with Crippen molar-refractivity contribution in [1.29, 1.82) is 0 Å². The van der Waals surface area contributed by atoms with Crippen LogP contribution in [0.25, 0.3) is 6.08 Å². The zero-order valence-corrected chi connectivity index (χ0v) is 13.9. The van der Waals surface area contributed by atoms with Crippen molar-refractivity contribution in [2.24, 2.45) is 5.92 Å². The van der Waals surface area contributed by atoms with E-state index in [0.29, 0.717) is 29.8 Å². The van der Waals surface area contributed by atoms with Crippen molar-refractivity contribution in [3.8, 4) is 0 Å². The summed E-state index contributed by atoms with van der Waals surface area (Å²) >= 11 is 0. The maximum absolute atomic E-state index is 12.6. The summed E-state index contributed by atoms with van der Waals surface area (Å²) in [6, 6.07) is 9.79. The number of nitrogens with one attached hydrogen (secondary N) is 1. The lowest BCUT2D eigenvalue weighted by atomic mass is 9.74. The largest absolute Gasteiger partial charge is 0.339 e. The molecule has 5 rings (SSSR count). The molecule has 0 spiro atoms. The minimum absolute atomic E-state index is 0.311. The Balaban J connectivity index is 1.42. The molecule has 4 aliphatic rings. The third-order valence-corrected chi connectivity index (χ3v) is 5.83. The molecule has 0 radical (unpaired) electrons. The first-order valence-electron chi connectivity index (χ1n) is 9.04. The van der Waals surface area contributed by atoms with E-state index in [2.05, 4.69) is 46.6 Å². The number of carbonyl (C=O) groups excluding carboxylic acids is 1.